The van der Waals surface area contributed by atoms with Crippen molar-refractivity contribution >= 4 is 11.6 Å². The van der Waals surface area contributed by atoms with Crippen LogP contribution in [0.15, 0.2) is 6.07 Å². The van der Waals surface area contributed by atoms with Crippen LogP contribution in [-0.2, 0) is 11.2 Å². The Kier molecular flexibility index (Phi) is 6.52. The number of ether oxygens (including phenoxy) is 1. The van der Waals surface area contributed by atoms with E-state index in [0.717, 1.165) is 31.0 Å². The van der Waals surface area contributed by atoms with Gasteiger partial charge in [0.05, 0.1) is 12.6 Å². The zero-order valence-electron chi connectivity index (χ0n) is 12.3. The van der Waals surface area contributed by atoms with Gasteiger partial charge in [-0.3, -0.25) is 0 Å². The van der Waals surface area contributed by atoms with E-state index in [1.165, 1.54) is 0 Å². The zero-order valence-corrected chi connectivity index (χ0v) is 12.3. The van der Waals surface area contributed by atoms with Crippen molar-refractivity contribution in [3.05, 3.63) is 11.9 Å². The molecule has 19 heavy (non-hydrogen) atoms. The first-order chi connectivity index (χ1) is 9.15. The fraction of sp³-hybridized carbons (Fsp3) is 0.692. The summed E-state index contributed by atoms with van der Waals surface area (Å²) in [5, 5.41) is 0. The van der Waals surface area contributed by atoms with Crippen molar-refractivity contribution in [3.8, 4) is 0 Å². The molecule has 0 aliphatic rings. The summed E-state index contributed by atoms with van der Waals surface area (Å²) in [6.45, 7) is 7.84. The molecule has 0 fully saturated rings. The quantitative estimate of drug-likeness (QED) is 0.550. The van der Waals surface area contributed by atoms with Gasteiger partial charge in [-0.1, -0.05) is 6.92 Å². The third-order valence-corrected chi connectivity index (χ3v) is 2.96. The molecule has 0 aromatic carbocycles. The molecular weight excluding hydrogens is 242 g/mol. The van der Waals surface area contributed by atoms with E-state index in [1.807, 2.05) is 6.07 Å². The fourth-order valence-corrected chi connectivity index (χ4v) is 2.07. The van der Waals surface area contributed by atoms with E-state index < -0.39 is 0 Å². The molecule has 0 amide bonds. The number of nitrogens with one attached hydrogen (secondary N) is 1. The lowest BCUT2D eigenvalue weighted by Gasteiger charge is -2.29. The number of nitrogens with two attached hydrogens (primary N) is 1. The monoisotopic (exact) mass is 267 g/mol. The summed E-state index contributed by atoms with van der Waals surface area (Å²) >= 11 is 0. The molecule has 1 aromatic heterocycles. The number of methoxy groups -OCH3 is 1. The van der Waals surface area contributed by atoms with Gasteiger partial charge < -0.3 is 15.1 Å². The molecule has 1 unspecified atom stereocenters. The molecule has 108 valence electrons. The normalized spacial score (nSPS) is 12.3. The average Bonchev–Trinajstić information content (AvgIpc) is 2.40. The van der Waals surface area contributed by atoms with E-state index in [-0.39, 0.29) is 6.04 Å². The summed E-state index contributed by atoms with van der Waals surface area (Å²) in [6.07, 6.45) is 1.85. The van der Waals surface area contributed by atoms with Gasteiger partial charge in [0, 0.05) is 26.1 Å². The summed E-state index contributed by atoms with van der Waals surface area (Å²) in [5.74, 6) is 7.83. The standard InChI is InChI=1S/C13H25N5O/c1-5-7-11-15-12(17-14)8-13(16-11)18(6-2)10(3)9-19-4/h8,10H,5-7,9,14H2,1-4H3,(H,15,16,17). The van der Waals surface area contributed by atoms with Gasteiger partial charge in [0.1, 0.15) is 17.5 Å². The van der Waals surface area contributed by atoms with Crippen LogP contribution in [-0.4, -0.2) is 36.3 Å². The van der Waals surface area contributed by atoms with E-state index in [0.29, 0.717) is 12.4 Å². The van der Waals surface area contributed by atoms with Crippen molar-refractivity contribution in [2.45, 2.75) is 39.7 Å². The van der Waals surface area contributed by atoms with Gasteiger partial charge in [-0.15, -0.1) is 0 Å². The second-order valence-corrected chi connectivity index (χ2v) is 4.51. The Morgan fingerprint density at radius 3 is 2.68 bits per heavy atom. The number of aryl methyl sites for hydroxylation is 1. The first kappa shape index (κ1) is 15.7. The predicted octanol–water partition coefficient (Wildman–Crippen LogP) is 1.58. The molecule has 1 rings (SSSR count). The minimum Gasteiger partial charge on any atom is -0.383 e. The third-order valence-electron chi connectivity index (χ3n) is 2.96. The minimum atomic E-state index is 0.255. The van der Waals surface area contributed by atoms with Crippen LogP contribution in [0.1, 0.15) is 33.0 Å². The smallest absolute Gasteiger partial charge is 0.145 e. The minimum absolute atomic E-state index is 0.255. The van der Waals surface area contributed by atoms with Gasteiger partial charge in [0.15, 0.2) is 0 Å². The van der Waals surface area contributed by atoms with Crippen LogP contribution in [0.25, 0.3) is 0 Å². The molecule has 0 saturated heterocycles. The molecule has 6 heteroatoms. The molecule has 0 bridgehead atoms. The highest BCUT2D eigenvalue weighted by atomic mass is 16.5. The first-order valence-corrected chi connectivity index (χ1v) is 6.76. The molecule has 0 aliphatic carbocycles. The Labute approximate surface area is 115 Å². The maximum atomic E-state index is 5.48. The number of hydrazine groups is 1. The summed E-state index contributed by atoms with van der Waals surface area (Å²) in [4.78, 5) is 11.2. The van der Waals surface area contributed by atoms with Gasteiger partial charge in [-0.25, -0.2) is 15.8 Å². The highest BCUT2D eigenvalue weighted by Crippen LogP contribution is 2.18. The van der Waals surface area contributed by atoms with Crippen molar-refractivity contribution in [1.29, 1.82) is 0 Å². The van der Waals surface area contributed by atoms with Crippen LogP contribution in [0.2, 0.25) is 0 Å². The highest BCUT2D eigenvalue weighted by molar-refractivity contribution is 5.49. The molecule has 1 atom stereocenters. The molecule has 0 aliphatic heterocycles. The van der Waals surface area contributed by atoms with Crippen LogP contribution < -0.4 is 16.2 Å². The van der Waals surface area contributed by atoms with E-state index in [9.17, 15) is 0 Å². The molecule has 6 nitrogen and oxygen atoms in total. The van der Waals surface area contributed by atoms with Crippen molar-refractivity contribution in [3.63, 3.8) is 0 Å². The van der Waals surface area contributed by atoms with Crippen molar-refractivity contribution in [2.24, 2.45) is 5.84 Å². The summed E-state index contributed by atoms with van der Waals surface area (Å²) < 4.78 is 5.22. The lowest BCUT2D eigenvalue weighted by Crippen LogP contribution is -2.37. The number of hydrogen-bond acceptors (Lipinski definition) is 6. The van der Waals surface area contributed by atoms with E-state index in [2.05, 4.69) is 41.1 Å². The number of anilines is 2. The Bertz CT molecular complexity index is 385. The van der Waals surface area contributed by atoms with E-state index in [4.69, 9.17) is 10.6 Å². The third kappa shape index (κ3) is 4.33. The van der Waals surface area contributed by atoms with Crippen LogP contribution in [0.4, 0.5) is 11.6 Å². The Morgan fingerprint density at radius 2 is 2.16 bits per heavy atom. The fourth-order valence-electron chi connectivity index (χ4n) is 2.07. The molecule has 0 spiro atoms. The van der Waals surface area contributed by atoms with Gasteiger partial charge in [-0.05, 0) is 20.3 Å². The summed E-state index contributed by atoms with van der Waals surface area (Å²) in [6, 6.07) is 2.12. The van der Waals surface area contributed by atoms with Crippen molar-refractivity contribution < 1.29 is 4.74 Å². The SMILES string of the molecule is CCCc1nc(NN)cc(N(CC)C(C)COC)n1. The maximum Gasteiger partial charge on any atom is 0.145 e. The Balaban J connectivity index is 3.04. The van der Waals surface area contributed by atoms with Gasteiger partial charge in [0.2, 0.25) is 0 Å². The van der Waals surface area contributed by atoms with E-state index >= 15 is 0 Å². The number of aromatic nitrogens is 2. The number of nitrogen functional groups attached to an aromatic ring is 1. The van der Waals surface area contributed by atoms with Crippen LogP contribution in [0, 0.1) is 0 Å². The van der Waals surface area contributed by atoms with E-state index in [1.54, 1.807) is 7.11 Å². The second-order valence-electron chi connectivity index (χ2n) is 4.51. The topological polar surface area (TPSA) is 76.3 Å². The summed E-state index contributed by atoms with van der Waals surface area (Å²) in [7, 11) is 1.71. The Morgan fingerprint density at radius 1 is 1.42 bits per heavy atom. The molecule has 1 aromatic rings. The lowest BCUT2D eigenvalue weighted by atomic mass is 10.2. The highest BCUT2D eigenvalue weighted by Gasteiger charge is 2.16. The number of likely N-dealkylation sites (N-methyl/N-ethyl adjacent to an activating group) is 1. The molecule has 3 N–H and O–H groups in total. The Hall–Kier alpha value is -1.40. The van der Waals surface area contributed by atoms with Crippen molar-refractivity contribution in [1.82, 2.24) is 9.97 Å². The zero-order chi connectivity index (χ0) is 14.3. The lowest BCUT2D eigenvalue weighted by molar-refractivity contribution is 0.181. The maximum absolute atomic E-state index is 5.48. The largest absolute Gasteiger partial charge is 0.383 e. The van der Waals surface area contributed by atoms with Gasteiger partial charge >= 0.3 is 0 Å². The van der Waals surface area contributed by atoms with Crippen LogP contribution in [0.5, 0.6) is 0 Å². The van der Waals surface area contributed by atoms with Gasteiger partial charge in [-0.2, -0.15) is 0 Å². The molecule has 1 heterocycles. The molecule has 0 radical (unpaired) electrons. The number of rotatable bonds is 8. The number of nitrogens with zero attached hydrogens (tertiary/aromatic N) is 3. The van der Waals surface area contributed by atoms with Crippen LogP contribution in [0.3, 0.4) is 0 Å². The number of hydrogen-bond donors (Lipinski definition) is 2. The predicted molar refractivity (Wildman–Crippen MR) is 78.2 cm³/mol. The molecule has 0 saturated carbocycles. The van der Waals surface area contributed by atoms with Crippen molar-refractivity contribution in [2.75, 3.05) is 30.6 Å². The van der Waals surface area contributed by atoms with Gasteiger partial charge in [0.25, 0.3) is 0 Å². The average molecular weight is 267 g/mol. The molecular formula is C13H25N5O. The summed E-state index contributed by atoms with van der Waals surface area (Å²) in [5.41, 5.74) is 2.61. The van der Waals surface area contributed by atoms with Crippen LogP contribution >= 0.6 is 0 Å². The second kappa shape index (κ2) is 7.91. The first-order valence-electron chi connectivity index (χ1n) is 6.76.